The fourth-order valence-electron chi connectivity index (χ4n) is 3.40. The molecule has 34 heavy (non-hydrogen) atoms. The van der Waals surface area contributed by atoms with E-state index in [2.05, 4.69) is 15.6 Å². The molecule has 0 aliphatic rings. The van der Waals surface area contributed by atoms with E-state index in [9.17, 15) is 22.8 Å². The number of carbonyl (C=O) groups excluding carboxylic acids is 2. The summed E-state index contributed by atoms with van der Waals surface area (Å²) in [6.45, 7) is 0. The second-order valence-electron chi connectivity index (χ2n) is 7.54. The van der Waals surface area contributed by atoms with Crippen molar-refractivity contribution in [2.45, 2.75) is 19.0 Å². The molecule has 0 fully saturated rings. The van der Waals surface area contributed by atoms with Crippen molar-refractivity contribution in [1.29, 1.82) is 0 Å². The number of alkyl halides is 3. The summed E-state index contributed by atoms with van der Waals surface area (Å²) in [5.41, 5.74) is 1.35. The van der Waals surface area contributed by atoms with E-state index in [1.165, 1.54) is 24.7 Å². The second-order valence-corrected chi connectivity index (χ2v) is 7.54. The van der Waals surface area contributed by atoms with Gasteiger partial charge in [-0.25, -0.2) is 0 Å². The summed E-state index contributed by atoms with van der Waals surface area (Å²) in [6, 6.07) is 17.9. The van der Waals surface area contributed by atoms with E-state index in [0.29, 0.717) is 6.42 Å². The number of aryl methyl sites for hydroxylation is 1. The molecule has 3 N–H and O–H groups in total. The number of benzene rings is 2. The van der Waals surface area contributed by atoms with Crippen LogP contribution in [0.1, 0.15) is 28.0 Å². The molecule has 2 heterocycles. The van der Waals surface area contributed by atoms with E-state index in [1.807, 2.05) is 42.5 Å². The Morgan fingerprint density at radius 1 is 0.941 bits per heavy atom. The highest BCUT2D eigenvalue weighted by Gasteiger charge is 2.34. The number of rotatable bonds is 7. The molecular weight excluding hydrogens is 447 g/mol. The third kappa shape index (κ3) is 5.55. The number of amides is 2. The average Bonchev–Trinajstić information content (AvgIpc) is 3.51. The molecule has 2 aromatic carbocycles. The van der Waals surface area contributed by atoms with Gasteiger partial charge < -0.3 is 20.0 Å². The number of H-pyrrole nitrogens is 1. The third-order valence-corrected chi connectivity index (χ3v) is 5.09. The van der Waals surface area contributed by atoms with Gasteiger partial charge in [-0.2, -0.15) is 13.2 Å². The monoisotopic (exact) mass is 467 g/mol. The highest BCUT2D eigenvalue weighted by atomic mass is 19.4. The van der Waals surface area contributed by atoms with Crippen LogP contribution in [0.15, 0.2) is 83.7 Å². The van der Waals surface area contributed by atoms with E-state index < -0.39 is 23.6 Å². The van der Waals surface area contributed by atoms with E-state index in [4.69, 9.17) is 4.42 Å². The second kappa shape index (κ2) is 9.70. The zero-order chi connectivity index (χ0) is 24.1. The van der Waals surface area contributed by atoms with Crippen molar-refractivity contribution >= 4 is 23.2 Å². The number of furan rings is 1. The first-order chi connectivity index (χ1) is 16.3. The molecule has 6 nitrogen and oxygen atoms in total. The van der Waals surface area contributed by atoms with Crippen LogP contribution in [0.25, 0.3) is 11.3 Å². The molecule has 4 rings (SSSR count). The lowest BCUT2D eigenvalue weighted by Gasteiger charge is -2.15. The van der Waals surface area contributed by atoms with Crippen LogP contribution in [0.4, 0.5) is 24.5 Å². The van der Waals surface area contributed by atoms with E-state index in [-0.39, 0.29) is 23.4 Å². The lowest BCUT2D eigenvalue weighted by atomic mass is 10.1. The Labute approximate surface area is 192 Å². The van der Waals surface area contributed by atoms with Gasteiger partial charge in [0, 0.05) is 23.5 Å². The standard InChI is InChI=1S/C25H20F3N3O3/c26-25(27,28)20-14-19(30-24(33)17-12-13-34-15-17)7-10-22(20)31-23(32)11-8-18-6-9-21(29-18)16-4-2-1-3-5-16/h1-7,9-10,12-15,29H,8,11H2,(H,30,33)(H,31,32). The molecule has 2 amide bonds. The van der Waals surface area contributed by atoms with Crippen molar-refractivity contribution in [3.8, 4) is 11.3 Å². The third-order valence-electron chi connectivity index (χ3n) is 5.09. The van der Waals surface area contributed by atoms with Crippen LogP contribution in [-0.2, 0) is 17.4 Å². The van der Waals surface area contributed by atoms with Gasteiger partial charge in [0.15, 0.2) is 0 Å². The number of hydrogen-bond acceptors (Lipinski definition) is 3. The molecule has 174 valence electrons. The summed E-state index contributed by atoms with van der Waals surface area (Å²) in [5, 5.41) is 4.72. The largest absolute Gasteiger partial charge is 0.472 e. The van der Waals surface area contributed by atoms with Gasteiger partial charge in [0.05, 0.1) is 23.1 Å². The fraction of sp³-hybridized carbons (Fsp3) is 0.120. The van der Waals surface area contributed by atoms with Gasteiger partial charge in [-0.15, -0.1) is 0 Å². The van der Waals surface area contributed by atoms with E-state index in [1.54, 1.807) is 0 Å². The van der Waals surface area contributed by atoms with Gasteiger partial charge in [-0.05, 0) is 48.4 Å². The first kappa shape index (κ1) is 22.9. The maximum absolute atomic E-state index is 13.6. The van der Waals surface area contributed by atoms with Crippen LogP contribution in [0.2, 0.25) is 0 Å². The maximum Gasteiger partial charge on any atom is 0.418 e. The Morgan fingerprint density at radius 3 is 2.44 bits per heavy atom. The highest BCUT2D eigenvalue weighted by molar-refractivity contribution is 6.04. The fourth-order valence-corrected chi connectivity index (χ4v) is 3.40. The van der Waals surface area contributed by atoms with Crippen LogP contribution in [0.5, 0.6) is 0 Å². The van der Waals surface area contributed by atoms with Crippen molar-refractivity contribution < 1.29 is 27.2 Å². The summed E-state index contributed by atoms with van der Waals surface area (Å²) in [6.07, 6.45) is -1.95. The molecule has 0 atom stereocenters. The Morgan fingerprint density at radius 2 is 1.74 bits per heavy atom. The minimum Gasteiger partial charge on any atom is -0.472 e. The minimum absolute atomic E-state index is 0.00891. The molecule has 4 aromatic rings. The molecule has 0 saturated heterocycles. The van der Waals surface area contributed by atoms with Crippen molar-refractivity contribution in [2.24, 2.45) is 0 Å². The number of aromatic nitrogens is 1. The normalized spacial score (nSPS) is 11.3. The van der Waals surface area contributed by atoms with Gasteiger partial charge in [-0.3, -0.25) is 9.59 Å². The summed E-state index contributed by atoms with van der Waals surface area (Å²) >= 11 is 0. The SMILES string of the molecule is O=C(CCc1ccc(-c2ccccc2)[nH]1)Nc1ccc(NC(=O)c2ccoc2)cc1C(F)(F)F. The number of carbonyl (C=O) groups is 2. The van der Waals surface area contributed by atoms with Gasteiger partial charge in [0.1, 0.15) is 6.26 Å². The zero-order valence-electron chi connectivity index (χ0n) is 17.8. The first-order valence-electron chi connectivity index (χ1n) is 10.4. The summed E-state index contributed by atoms with van der Waals surface area (Å²) in [7, 11) is 0. The summed E-state index contributed by atoms with van der Waals surface area (Å²) < 4.78 is 45.7. The lowest BCUT2D eigenvalue weighted by molar-refractivity contribution is -0.136. The van der Waals surface area contributed by atoms with Gasteiger partial charge in [-0.1, -0.05) is 30.3 Å². The Bertz CT molecular complexity index is 1280. The quantitative estimate of drug-likeness (QED) is 0.306. The predicted molar refractivity (Wildman–Crippen MR) is 121 cm³/mol. The number of anilines is 2. The summed E-state index contributed by atoms with van der Waals surface area (Å²) in [4.78, 5) is 27.7. The number of aromatic amines is 1. The molecule has 0 unspecified atom stereocenters. The highest BCUT2D eigenvalue weighted by Crippen LogP contribution is 2.37. The molecule has 0 saturated carbocycles. The molecule has 2 aromatic heterocycles. The van der Waals surface area contributed by atoms with Crippen molar-refractivity contribution in [1.82, 2.24) is 4.98 Å². The molecule has 0 radical (unpaired) electrons. The van der Waals surface area contributed by atoms with Crippen LogP contribution < -0.4 is 10.6 Å². The van der Waals surface area contributed by atoms with E-state index >= 15 is 0 Å². The Kier molecular flexibility index (Phi) is 6.53. The van der Waals surface area contributed by atoms with E-state index in [0.717, 1.165) is 29.1 Å². The molecular formula is C25H20F3N3O3. The van der Waals surface area contributed by atoms with Crippen LogP contribution in [-0.4, -0.2) is 16.8 Å². The molecule has 0 aliphatic carbocycles. The molecule has 0 aliphatic heterocycles. The molecule has 9 heteroatoms. The van der Waals surface area contributed by atoms with Crippen molar-refractivity contribution in [3.05, 3.63) is 96.1 Å². The Balaban J connectivity index is 1.41. The van der Waals surface area contributed by atoms with Gasteiger partial charge >= 0.3 is 6.18 Å². The van der Waals surface area contributed by atoms with Gasteiger partial charge in [0.25, 0.3) is 5.91 Å². The smallest absolute Gasteiger partial charge is 0.418 e. The van der Waals surface area contributed by atoms with Crippen molar-refractivity contribution in [2.75, 3.05) is 10.6 Å². The van der Waals surface area contributed by atoms with Gasteiger partial charge in [0.2, 0.25) is 5.91 Å². The number of hydrogen-bond donors (Lipinski definition) is 3. The molecule has 0 bridgehead atoms. The number of halogens is 3. The minimum atomic E-state index is -4.73. The van der Waals surface area contributed by atoms with Crippen LogP contribution in [0.3, 0.4) is 0 Å². The van der Waals surface area contributed by atoms with Crippen LogP contribution >= 0.6 is 0 Å². The summed E-state index contributed by atoms with van der Waals surface area (Å²) in [5.74, 6) is -1.17. The predicted octanol–water partition coefficient (Wildman–Crippen LogP) is 6.12. The lowest BCUT2D eigenvalue weighted by Crippen LogP contribution is -2.18. The molecule has 0 spiro atoms. The Hall–Kier alpha value is -4.27. The first-order valence-corrected chi connectivity index (χ1v) is 10.4. The maximum atomic E-state index is 13.6. The van der Waals surface area contributed by atoms with Crippen LogP contribution in [0, 0.1) is 0 Å². The number of nitrogens with one attached hydrogen (secondary N) is 3. The van der Waals surface area contributed by atoms with Crippen molar-refractivity contribution in [3.63, 3.8) is 0 Å². The zero-order valence-corrected chi connectivity index (χ0v) is 17.8. The topological polar surface area (TPSA) is 87.1 Å². The average molecular weight is 467 g/mol.